The maximum Gasteiger partial charge on any atom is 0.256 e. The van der Waals surface area contributed by atoms with Gasteiger partial charge in [0, 0.05) is 19.0 Å². The molecule has 1 fully saturated rings. The number of fused-ring (bicyclic) bond motifs is 1. The van der Waals surface area contributed by atoms with Crippen LogP contribution in [-0.2, 0) is 0 Å². The number of benzene rings is 2. The van der Waals surface area contributed by atoms with Crippen LogP contribution in [0.25, 0.3) is 10.2 Å². The van der Waals surface area contributed by atoms with E-state index in [1.807, 2.05) is 24.3 Å². The van der Waals surface area contributed by atoms with Gasteiger partial charge in [0.05, 0.1) is 20.8 Å². The highest BCUT2D eigenvalue weighted by molar-refractivity contribution is 7.18. The van der Waals surface area contributed by atoms with Gasteiger partial charge in [-0.15, -0.1) is 11.3 Å². The fourth-order valence-electron chi connectivity index (χ4n) is 3.26. The van der Waals surface area contributed by atoms with Crippen molar-refractivity contribution in [3.63, 3.8) is 0 Å². The highest BCUT2D eigenvalue weighted by Crippen LogP contribution is 2.33. The molecule has 0 saturated carbocycles. The molecule has 0 bridgehead atoms. The Morgan fingerprint density at radius 2 is 2.04 bits per heavy atom. The first kappa shape index (κ1) is 16.1. The monoisotopic (exact) mass is 358 g/mol. The van der Waals surface area contributed by atoms with Crippen LogP contribution in [0.5, 0.6) is 0 Å². The predicted molar refractivity (Wildman–Crippen MR) is 93.9 cm³/mol. The van der Waals surface area contributed by atoms with Gasteiger partial charge in [0.25, 0.3) is 5.91 Å². The molecule has 128 valence electrons. The molecule has 0 N–H and O–H groups in total. The summed E-state index contributed by atoms with van der Waals surface area (Å²) in [5.74, 6) is -1.62. The maximum absolute atomic E-state index is 13.9. The molecule has 1 atom stereocenters. The Balaban J connectivity index is 1.58. The van der Waals surface area contributed by atoms with Crippen LogP contribution in [0.1, 0.15) is 34.1 Å². The van der Waals surface area contributed by atoms with Gasteiger partial charge in [-0.2, -0.15) is 0 Å². The van der Waals surface area contributed by atoms with Crippen molar-refractivity contribution in [2.75, 3.05) is 13.1 Å². The molecular weight excluding hydrogens is 342 g/mol. The average Bonchev–Trinajstić information content (AvgIpc) is 3.07. The third-order valence-corrected chi connectivity index (χ3v) is 5.73. The van der Waals surface area contributed by atoms with E-state index in [0.29, 0.717) is 13.1 Å². The molecule has 1 aliphatic rings. The van der Waals surface area contributed by atoms with E-state index in [2.05, 4.69) is 4.98 Å². The van der Waals surface area contributed by atoms with Gasteiger partial charge < -0.3 is 4.90 Å². The smallest absolute Gasteiger partial charge is 0.256 e. The molecule has 6 heteroatoms. The largest absolute Gasteiger partial charge is 0.338 e. The minimum absolute atomic E-state index is 0.131. The van der Waals surface area contributed by atoms with E-state index in [9.17, 15) is 13.6 Å². The Morgan fingerprint density at radius 1 is 1.20 bits per heavy atom. The molecule has 0 aliphatic carbocycles. The van der Waals surface area contributed by atoms with Crippen molar-refractivity contribution in [2.24, 2.45) is 0 Å². The number of thiazole rings is 1. The Labute approximate surface area is 147 Å². The van der Waals surface area contributed by atoms with Crippen LogP contribution in [0.2, 0.25) is 0 Å². The summed E-state index contributed by atoms with van der Waals surface area (Å²) in [5.41, 5.74) is 0.757. The highest BCUT2D eigenvalue weighted by atomic mass is 32.1. The third kappa shape index (κ3) is 3.14. The maximum atomic E-state index is 13.9. The van der Waals surface area contributed by atoms with Gasteiger partial charge in [0.15, 0.2) is 0 Å². The third-order valence-electron chi connectivity index (χ3n) is 4.53. The lowest BCUT2D eigenvalue weighted by Crippen LogP contribution is -2.39. The summed E-state index contributed by atoms with van der Waals surface area (Å²) < 4.78 is 28.4. The number of piperidine rings is 1. The number of halogens is 2. The number of aromatic nitrogens is 1. The van der Waals surface area contributed by atoms with Crippen LogP contribution in [-0.4, -0.2) is 28.9 Å². The van der Waals surface area contributed by atoms with Gasteiger partial charge in [-0.05, 0) is 43.2 Å². The number of hydrogen-bond acceptors (Lipinski definition) is 3. The second-order valence-corrected chi connectivity index (χ2v) is 7.30. The molecule has 0 unspecified atom stereocenters. The molecular formula is C19H16F2N2OS. The van der Waals surface area contributed by atoms with Gasteiger partial charge in [-0.3, -0.25) is 4.79 Å². The summed E-state index contributed by atoms with van der Waals surface area (Å²) >= 11 is 1.64. The van der Waals surface area contributed by atoms with Crippen LogP contribution in [0.4, 0.5) is 8.78 Å². The Kier molecular flexibility index (Phi) is 4.21. The SMILES string of the molecule is O=C(c1cc(F)ccc1F)N1CCC[C@H](c2nc3ccccc3s2)C1. The molecule has 3 nitrogen and oxygen atoms in total. The van der Waals surface area contributed by atoms with E-state index in [-0.39, 0.29) is 11.5 Å². The standard InChI is InChI=1S/C19H16F2N2OS/c20-13-7-8-15(21)14(10-13)19(24)23-9-3-4-12(11-23)18-22-16-5-1-2-6-17(16)25-18/h1-2,5-8,10,12H,3-4,9,11H2/t12-/m0/s1. The van der Waals surface area contributed by atoms with E-state index < -0.39 is 17.5 Å². The van der Waals surface area contributed by atoms with Crippen molar-refractivity contribution < 1.29 is 13.6 Å². The molecule has 1 aliphatic heterocycles. The predicted octanol–water partition coefficient (Wildman–Crippen LogP) is 4.59. The molecule has 25 heavy (non-hydrogen) atoms. The quantitative estimate of drug-likeness (QED) is 0.671. The lowest BCUT2D eigenvalue weighted by Gasteiger charge is -2.32. The van der Waals surface area contributed by atoms with E-state index in [4.69, 9.17) is 0 Å². The summed E-state index contributed by atoms with van der Waals surface area (Å²) in [4.78, 5) is 18.9. The van der Waals surface area contributed by atoms with Crippen LogP contribution in [0.15, 0.2) is 42.5 Å². The molecule has 2 heterocycles. The van der Waals surface area contributed by atoms with E-state index >= 15 is 0 Å². The Hall–Kier alpha value is -2.34. The fourth-order valence-corrected chi connectivity index (χ4v) is 4.35. The first-order valence-electron chi connectivity index (χ1n) is 8.21. The zero-order chi connectivity index (χ0) is 17.4. The molecule has 0 radical (unpaired) electrons. The lowest BCUT2D eigenvalue weighted by atomic mass is 9.98. The average molecular weight is 358 g/mol. The first-order valence-corrected chi connectivity index (χ1v) is 9.03. The summed E-state index contributed by atoms with van der Waals surface area (Å²) in [7, 11) is 0. The number of rotatable bonds is 2. The van der Waals surface area contributed by atoms with E-state index in [1.165, 1.54) is 0 Å². The number of carbonyl (C=O) groups is 1. The summed E-state index contributed by atoms with van der Waals surface area (Å²) in [6, 6.07) is 10.9. The Morgan fingerprint density at radius 3 is 2.88 bits per heavy atom. The number of amides is 1. The minimum atomic E-state index is -0.687. The van der Waals surface area contributed by atoms with Crippen molar-refractivity contribution in [3.05, 3.63) is 64.7 Å². The number of para-hydroxylation sites is 1. The zero-order valence-electron chi connectivity index (χ0n) is 13.4. The Bertz CT molecular complexity index is 907. The van der Waals surface area contributed by atoms with Gasteiger partial charge in [0.1, 0.15) is 11.6 Å². The van der Waals surface area contributed by atoms with Gasteiger partial charge in [-0.1, -0.05) is 12.1 Å². The van der Waals surface area contributed by atoms with Gasteiger partial charge in [0.2, 0.25) is 0 Å². The fraction of sp³-hybridized carbons (Fsp3) is 0.263. The summed E-state index contributed by atoms with van der Waals surface area (Å²) in [5, 5.41) is 0.999. The molecule has 4 rings (SSSR count). The number of likely N-dealkylation sites (tertiary alicyclic amines) is 1. The van der Waals surface area contributed by atoms with Crippen molar-refractivity contribution in [3.8, 4) is 0 Å². The number of hydrogen-bond donors (Lipinski definition) is 0. The summed E-state index contributed by atoms with van der Waals surface area (Å²) in [6.45, 7) is 1.03. The molecule has 2 aromatic carbocycles. The van der Waals surface area contributed by atoms with E-state index in [1.54, 1.807) is 16.2 Å². The van der Waals surface area contributed by atoms with Crippen molar-refractivity contribution in [1.29, 1.82) is 0 Å². The van der Waals surface area contributed by atoms with Crippen molar-refractivity contribution >= 4 is 27.5 Å². The van der Waals surface area contributed by atoms with Crippen molar-refractivity contribution in [1.82, 2.24) is 9.88 Å². The molecule has 3 aromatic rings. The van der Waals surface area contributed by atoms with Crippen LogP contribution < -0.4 is 0 Å². The van der Waals surface area contributed by atoms with E-state index in [0.717, 1.165) is 46.3 Å². The normalized spacial score (nSPS) is 17.8. The van der Waals surface area contributed by atoms with Crippen LogP contribution in [0.3, 0.4) is 0 Å². The lowest BCUT2D eigenvalue weighted by molar-refractivity contribution is 0.0702. The molecule has 1 saturated heterocycles. The second-order valence-electron chi connectivity index (χ2n) is 6.23. The van der Waals surface area contributed by atoms with Crippen molar-refractivity contribution in [2.45, 2.75) is 18.8 Å². The topological polar surface area (TPSA) is 33.2 Å². The highest BCUT2D eigenvalue weighted by Gasteiger charge is 2.28. The van der Waals surface area contributed by atoms with Gasteiger partial charge >= 0.3 is 0 Å². The zero-order valence-corrected chi connectivity index (χ0v) is 14.2. The number of nitrogens with zero attached hydrogens (tertiary/aromatic N) is 2. The molecule has 1 aromatic heterocycles. The number of carbonyl (C=O) groups excluding carboxylic acids is 1. The van der Waals surface area contributed by atoms with Crippen LogP contribution >= 0.6 is 11.3 Å². The molecule has 0 spiro atoms. The van der Waals surface area contributed by atoms with Crippen LogP contribution in [0, 0.1) is 11.6 Å². The molecule has 1 amide bonds. The minimum Gasteiger partial charge on any atom is -0.338 e. The first-order chi connectivity index (χ1) is 12.1. The second kappa shape index (κ2) is 6.52. The van der Waals surface area contributed by atoms with Gasteiger partial charge in [-0.25, -0.2) is 13.8 Å². The summed E-state index contributed by atoms with van der Waals surface area (Å²) in [6.07, 6.45) is 1.76.